The number of fused-ring (bicyclic) bond motifs is 1. The molecule has 4 rings (SSSR count). The fourth-order valence-corrected chi connectivity index (χ4v) is 5.81. The molecule has 1 saturated carbocycles. The van der Waals surface area contributed by atoms with Crippen molar-refractivity contribution in [2.45, 2.75) is 77.3 Å². The number of thiophene rings is 1. The zero-order valence-electron chi connectivity index (χ0n) is 16.7. The molecule has 0 N–H and O–H groups in total. The molecular weight excluding hydrogens is 356 g/mol. The van der Waals surface area contributed by atoms with Crippen LogP contribution in [-0.4, -0.2) is 46.5 Å². The summed E-state index contributed by atoms with van der Waals surface area (Å²) in [5, 5.41) is 1.08. The van der Waals surface area contributed by atoms with E-state index >= 15 is 0 Å². The Bertz CT molecular complexity index is 827. The molecule has 1 aliphatic carbocycles. The number of aromatic nitrogens is 2. The van der Waals surface area contributed by atoms with Gasteiger partial charge >= 0.3 is 0 Å². The van der Waals surface area contributed by atoms with Gasteiger partial charge in [-0.2, -0.15) is 0 Å². The van der Waals surface area contributed by atoms with Crippen LogP contribution < -0.4 is 4.90 Å². The third kappa shape index (κ3) is 3.44. The van der Waals surface area contributed by atoms with Gasteiger partial charge in [0.15, 0.2) is 0 Å². The van der Waals surface area contributed by atoms with Crippen molar-refractivity contribution >= 4 is 33.3 Å². The van der Waals surface area contributed by atoms with Gasteiger partial charge in [0.2, 0.25) is 0 Å². The van der Waals surface area contributed by atoms with E-state index in [2.05, 4.69) is 28.7 Å². The molecular formula is C21H30N4OS. The van der Waals surface area contributed by atoms with E-state index in [0.717, 1.165) is 45.9 Å². The van der Waals surface area contributed by atoms with Crippen LogP contribution in [0.3, 0.4) is 0 Å². The van der Waals surface area contributed by atoms with Gasteiger partial charge in [-0.15, -0.1) is 11.3 Å². The van der Waals surface area contributed by atoms with Crippen molar-refractivity contribution in [3.63, 3.8) is 0 Å². The molecule has 1 saturated heterocycles. The molecule has 2 aromatic heterocycles. The standard InChI is InChI=1S/C21H30N4OS/c1-14-9-7-8-12-25(14)19-17-15(2)18(27-20(17)23-13-22-19)21(26)24(3)16-10-5-4-6-11-16/h13-14,16H,4-12H2,1-3H3. The number of aryl methyl sites for hydroxylation is 1. The number of nitrogens with zero attached hydrogens (tertiary/aromatic N) is 4. The van der Waals surface area contributed by atoms with Gasteiger partial charge in [0.05, 0.1) is 10.3 Å². The lowest BCUT2D eigenvalue weighted by Crippen LogP contribution is -2.38. The Morgan fingerprint density at radius 1 is 1.15 bits per heavy atom. The predicted molar refractivity (Wildman–Crippen MR) is 112 cm³/mol. The van der Waals surface area contributed by atoms with Crippen LogP contribution in [0.4, 0.5) is 5.82 Å². The Kier molecular flexibility index (Phi) is 5.35. The van der Waals surface area contributed by atoms with Crippen molar-refractivity contribution in [2.24, 2.45) is 0 Å². The van der Waals surface area contributed by atoms with E-state index in [1.54, 1.807) is 6.33 Å². The van der Waals surface area contributed by atoms with Crippen LogP contribution in [0.2, 0.25) is 0 Å². The van der Waals surface area contributed by atoms with Crippen LogP contribution in [0.25, 0.3) is 10.2 Å². The first kappa shape index (κ1) is 18.7. The number of carbonyl (C=O) groups is 1. The van der Waals surface area contributed by atoms with Gasteiger partial charge < -0.3 is 9.80 Å². The van der Waals surface area contributed by atoms with Gasteiger partial charge in [0.25, 0.3) is 5.91 Å². The maximum atomic E-state index is 13.3. The fraction of sp³-hybridized carbons (Fsp3) is 0.667. The van der Waals surface area contributed by atoms with Crippen LogP contribution in [0.1, 0.15) is 73.5 Å². The van der Waals surface area contributed by atoms with E-state index in [-0.39, 0.29) is 5.91 Å². The van der Waals surface area contributed by atoms with Crippen molar-refractivity contribution < 1.29 is 4.79 Å². The molecule has 3 heterocycles. The molecule has 146 valence electrons. The van der Waals surface area contributed by atoms with Crippen molar-refractivity contribution in [1.29, 1.82) is 0 Å². The molecule has 0 aromatic carbocycles. The molecule has 2 fully saturated rings. The summed E-state index contributed by atoms with van der Waals surface area (Å²) >= 11 is 1.53. The lowest BCUT2D eigenvalue weighted by Gasteiger charge is -2.34. The van der Waals surface area contributed by atoms with Gasteiger partial charge in [-0.1, -0.05) is 19.3 Å². The smallest absolute Gasteiger partial charge is 0.264 e. The second-order valence-electron chi connectivity index (χ2n) is 8.18. The Morgan fingerprint density at radius 3 is 2.63 bits per heavy atom. The first-order valence-electron chi connectivity index (χ1n) is 10.4. The van der Waals surface area contributed by atoms with E-state index in [1.807, 2.05) is 11.9 Å². The average molecular weight is 387 g/mol. The Hall–Kier alpha value is -1.69. The summed E-state index contributed by atoms with van der Waals surface area (Å²) in [5.74, 6) is 1.17. The van der Waals surface area contributed by atoms with Crippen LogP contribution in [0.15, 0.2) is 6.33 Å². The van der Waals surface area contributed by atoms with Crippen molar-refractivity contribution in [1.82, 2.24) is 14.9 Å². The van der Waals surface area contributed by atoms with Gasteiger partial charge in [0.1, 0.15) is 17.0 Å². The van der Waals surface area contributed by atoms with Crippen LogP contribution in [0.5, 0.6) is 0 Å². The zero-order valence-corrected chi connectivity index (χ0v) is 17.5. The molecule has 0 bridgehead atoms. The second-order valence-corrected chi connectivity index (χ2v) is 9.18. The highest BCUT2D eigenvalue weighted by Gasteiger charge is 2.29. The number of anilines is 1. The van der Waals surface area contributed by atoms with E-state index in [4.69, 9.17) is 0 Å². The number of amides is 1. The maximum absolute atomic E-state index is 13.3. The monoisotopic (exact) mass is 386 g/mol. The Balaban J connectivity index is 1.69. The summed E-state index contributed by atoms with van der Waals surface area (Å²) in [6.07, 6.45) is 11.4. The molecule has 1 unspecified atom stereocenters. The molecule has 0 radical (unpaired) electrons. The molecule has 1 atom stereocenters. The van der Waals surface area contributed by atoms with Gasteiger partial charge in [-0.05, 0) is 51.5 Å². The van der Waals surface area contributed by atoms with E-state index < -0.39 is 0 Å². The molecule has 1 amide bonds. The third-order valence-electron chi connectivity index (χ3n) is 6.42. The molecule has 27 heavy (non-hydrogen) atoms. The van der Waals surface area contributed by atoms with E-state index in [1.165, 1.54) is 49.9 Å². The SMILES string of the molecule is Cc1c(C(=O)N(C)C2CCCCC2)sc2ncnc(N3CCCCC3C)c12. The third-order valence-corrected chi connectivity index (χ3v) is 7.61. The molecule has 5 nitrogen and oxygen atoms in total. The topological polar surface area (TPSA) is 49.3 Å². The molecule has 2 aromatic rings. The highest BCUT2D eigenvalue weighted by Crippen LogP contribution is 2.37. The minimum atomic E-state index is 0.153. The van der Waals surface area contributed by atoms with Crippen molar-refractivity contribution in [3.8, 4) is 0 Å². The maximum Gasteiger partial charge on any atom is 0.264 e. The molecule has 1 aliphatic heterocycles. The Morgan fingerprint density at radius 2 is 1.89 bits per heavy atom. The van der Waals surface area contributed by atoms with E-state index in [9.17, 15) is 4.79 Å². The molecule has 6 heteroatoms. The van der Waals surface area contributed by atoms with Crippen molar-refractivity contribution in [3.05, 3.63) is 16.8 Å². The fourth-order valence-electron chi connectivity index (χ4n) is 4.68. The Labute approximate surface area is 165 Å². The van der Waals surface area contributed by atoms with Crippen LogP contribution >= 0.6 is 11.3 Å². The molecule has 0 spiro atoms. The summed E-state index contributed by atoms with van der Waals surface area (Å²) in [4.78, 5) is 28.6. The normalized spacial score (nSPS) is 21.6. The first-order valence-corrected chi connectivity index (χ1v) is 11.2. The van der Waals surface area contributed by atoms with E-state index in [0.29, 0.717) is 12.1 Å². The quantitative estimate of drug-likeness (QED) is 0.761. The lowest BCUT2D eigenvalue weighted by molar-refractivity contribution is 0.0700. The van der Waals surface area contributed by atoms with Crippen LogP contribution in [-0.2, 0) is 0 Å². The predicted octanol–water partition coefficient (Wildman–Crippen LogP) is 4.78. The number of piperidine rings is 1. The summed E-state index contributed by atoms with van der Waals surface area (Å²) < 4.78 is 0. The zero-order chi connectivity index (χ0) is 19.0. The van der Waals surface area contributed by atoms with Crippen LogP contribution in [0, 0.1) is 6.92 Å². The van der Waals surface area contributed by atoms with Crippen molar-refractivity contribution in [2.75, 3.05) is 18.5 Å². The van der Waals surface area contributed by atoms with Gasteiger partial charge in [-0.3, -0.25) is 4.79 Å². The summed E-state index contributed by atoms with van der Waals surface area (Å²) in [6.45, 7) is 5.38. The second kappa shape index (κ2) is 7.74. The lowest BCUT2D eigenvalue weighted by atomic mass is 9.94. The number of hydrogen-bond acceptors (Lipinski definition) is 5. The summed E-state index contributed by atoms with van der Waals surface area (Å²) in [5.41, 5.74) is 1.05. The highest BCUT2D eigenvalue weighted by molar-refractivity contribution is 7.20. The summed E-state index contributed by atoms with van der Waals surface area (Å²) in [6, 6.07) is 0.865. The van der Waals surface area contributed by atoms with Gasteiger partial charge in [-0.25, -0.2) is 9.97 Å². The minimum Gasteiger partial charge on any atom is -0.353 e. The number of carbonyl (C=O) groups excluding carboxylic acids is 1. The first-order chi connectivity index (χ1) is 13.1. The summed E-state index contributed by atoms with van der Waals surface area (Å²) in [7, 11) is 1.97. The average Bonchev–Trinajstić information content (AvgIpc) is 3.05. The highest BCUT2D eigenvalue weighted by atomic mass is 32.1. The number of rotatable bonds is 3. The minimum absolute atomic E-state index is 0.153. The number of hydrogen-bond donors (Lipinski definition) is 0. The molecule has 2 aliphatic rings. The van der Waals surface area contributed by atoms with Gasteiger partial charge in [0, 0.05) is 25.7 Å². The largest absolute Gasteiger partial charge is 0.353 e.